The second-order valence-corrected chi connectivity index (χ2v) is 17.4. The van der Waals surface area contributed by atoms with E-state index in [2.05, 4.69) is 71.1 Å². The average Bonchev–Trinajstić information content (AvgIpc) is 3.37. The number of furan rings is 1. The molecule has 1 aliphatic heterocycles. The van der Waals surface area contributed by atoms with Crippen LogP contribution in [0.1, 0.15) is 89.6 Å². The summed E-state index contributed by atoms with van der Waals surface area (Å²) in [5, 5.41) is 1.03. The average molecular weight is 663 g/mol. The van der Waals surface area contributed by atoms with Gasteiger partial charge in [0.05, 0.1) is 11.2 Å². The number of fused-ring (bicyclic) bond motifs is 4. The van der Waals surface area contributed by atoms with Crippen molar-refractivity contribution in [3.05, 3.63) is 62.4 Å². The monoisotopic (exact) mass is 662 g/mol. The molecule has 0 bridgehead atoms. The predicted octanol–water partition coefficient (Wildman–Crippen LogP) is 6.90. The van der Waals surface area contributed by atoms with Gasteiger partial charge in [-0.05, 0) is 111 Å². The van der Waals surface area contributed by atoms with Crippen LogP contribution in [0.5, 0.6) is 5.75 Å². The second-order valence-electron chi connectivity index (χ2n) is 13.5. The molecule has 2 aromatic carbocycles. The first-order chi connectivity index (χ1) is 18.0. The third-order valence-electron chi connectivity index (χ3n) is 7.52. The van der Waals surface area contributed by atoms with Crippen LogP contribution in [0.2, 0.25) is 5.04 Å². The predicted molar refractivity (Wildman–Crippen MR) is 164 cm³/mol. The number of hydrogen-bond acceptors (Lipinski definition) is 6. The highest BCUT2D eigenvalue weighted by atomic mass is 127. The Bertz CT molecular complexity index is 1430. The molecule has 6 nitrogen and oxygen atoms in total. The lowest BCUT2D eigenvalue weighted by molar-refractivity contribution is -0.162. The van der Waals surface area contributed by atoms with Crippen molar-refractivity contribution in [1.82, 2.24) is 0 Å². The van der Waals surface area contributed by atoms with Gasteiger partial charge in [-0.1, -0.05) is 20.8 Å². The lowest BCUT2D eigenvalue weighted by atomic mass is 9.72. The quantitative estimate of drug-likeness (QED) is 0.211. The summed E-state index contributed by atoms with van der Waals surface area (Å²) in [5.74, 6) is 0.633. The molecule has 39 heavy (non-hydrogen) atoms. The van der Waals surface area contributed by atoms with Crippen molar-refractivity contribution >= 4 is 49.1 Å². The zero-order valence-electron chi connectivity index (χ0n) is 24.4. The molecule has 2 aliphatic rings. The van der Waals surface area contributed by atoms with Gasteiger partial charge >= 0.3 is 0 Å². The van der Waals surface area contributed by atoms with E-state index >= 15 is 0 Å². The van der Waals surface area contributed by atoms with Crippen LogP contribution in [-0.4, -0.2) is 45.7 Å². The van der Waals surface area contributed by atoms with Gasteiger partial charge in [-0.25, -0.2) is 0 Å². The second kappa shape index (κ2) is 9.68. The van der Waals surface area contributed by atoms with E-state index < -0.39 is 26.6 Å². The summed E-state index contributed by atoms with van der Waals surface area (Å²) in [6.07, 6.45) is -0.585. The minimum Gasteiger partial charge on any atom is -0.491 e. The van der Waals surface area contributed by atoms with Crippen molar-refractivity contribution in [1.29, 1.82) is 0 Å². The highest BCUT2D eigenvalue weighted by Crippen LogP contribution is 2.46. The van der Waals surface area contributed by atoms with Crippen LogP contribution < -0.4 is 4.74 Å². The number of carbonyl (C=O) groups excluding carboxylic acids is 1. The first-order valence-corrected chi connectivity index (χ1v) is 15.9. The molecular formula is C31H39IO6Si. The highest BCUT2D eigenvalue weighted by molar-refractivity contribution is 14.1. The van der Waals surface area contributed by atoms with Crippen LogP contribution in [-0.2, 0) is 19.3 Å². The van der Waals surface area contributed by atoms with Crippen LogP contribution >= 0.6 is 22.6 Å². The molecule has 2 heterocycles. The largest absolute Gasteiger partial charge is 0.491 e. The number of carbonyl (C=O) groups is 1. The van der Waals surface area contributed by atoms with Gasteiger partial charge in [-0.15, -0.1) is 0 Å². The smallest absolute Gasteiger partial charge is 0.197 e. The molecule has 1 aromatic heterocycles. The van der Waals surface area contributed by atoms with Gasteiger partial charge < -0.3 is 23.1 Å². The molecule has 3 aromatic rings. The molecule has 5 rings (SSSR count). The fourth-order valence-electron chi connectivity index (χ4n) is 5.53. The maximum Gasteiger partial charge on any atom is 0.197 e. The Hall–Kier alpha value is -1.72. The van der Waals surface area contributed by atoms with Crippen LogP contribution in [0.3, 0.4) is 0 Å². The van der Waals surface area contributed by atoms with Crippen LogP contribution in [0.4, 0.5) is 0 Å². The van der Waals surface area contributed by atoms with Gasteiger partial charge in [0.1, 0.15) is 35.9 Å². The number of rotatable bonds is 6. The first kappa shape index (κ1) is 28.8. The SMILES string of the molecule is CC1(C)O[C@@H](C(C)(C)O[SiH2]C(C)(C)C)[C@@H](COc2ccc3c(c2)C(C)(C)c2oc4cc(I)ccc4c2C3=O)O1. The topological polar surface area (TPSA) is 67.1 Å². The summed E-state index contributed by atoms with van der Waals surface area (Å²) >= 11 is 2.26. The Morgan fingerprint density at radius 3 is 2.41 bits per heavy atom. The highest BCUT2D eigenvalue weighted by Gasteiger charge is 2.50. The minimum atomic E-state index is -0.792. The molecule has 0 saturated carbocycles. The number of ether oxygens (including phenoxy) is 3. The summed E-state index contributed by atoms with van der Waals surface area (Å²) in [4.78, 5) is 13.6. The Morgan fingerprint density at radius 1 is 1.00 bits per heavy atom. The molecule has 0 N–H and O–H groups in total. The lowest BCUT2D eigenvalue weighted by Gasteiger charge is -2.36. The van der Waals surface area contributed by atoms with Crippen molar-refractivity contribution in [2.75, 3.05) is 6.61 Å². The molecular weight excluding hydrogens is 623 g/mol. The van der Waals surface area contributed by atoms with Gasteiger partial charge in [0.15, 0.2) is 21.3 Å². The van der Waals surface area contributed by atoms with Crippen LogP contribution in [0, 0.1) is 3.57 Å². The summed E-state index contributed by atoms with van der Waals surface area (Å²) in [5.41, 5.74) is 1.96. The van der Waals surface area contributed by atoms with E-state index in [4.69, 9.17) is 23.1 Å². The standard InChI is InChI=1S/C31H39IO6Si/c1-28(2,3)39-38-30(6,7)26-23(36-31(8,9)37-26)16-34-18-11-13-19-21(15-18)29(4,5)27-24(25(19)33)20-12-10-17(32)14-22(20)35-27/h10-15,23,26H,16,39H2,1-9H3/t23-,26-/m1/s1. The Morgan fingerprint density at radius 2 is 1.72 bits per heavy atom. The zero-order valence-corrected chi connectivity index (χ0v) is 27.9. The third kappa shape index (κ3) is 5.47. The maximum absolute atomic E-state index is 13.6. The molecule has 2 atom stereocenters. The minimum absolute atomic E-state index is 0.0120. The zero-order chi connectivity index (χ0) is 28.5. The van der Waals surface area contributed by atoms with E-state index in [0.717, 1.165) is 20.1 Å². The summed E-state index contributed by atoms with van der Waals surface area (Å²) in [6.45, 7) is 19.1. The molecule has 0 amide bonds. The molecule has 1 saturated heterocycles. The van der Waals surface area contributed by atoms with E-state index in [1.165, 1.54) is 0 Å². The van der Waals surface area contributed by atoms with Gasteiger partial charge in [-0.2, -0.15) is 0 Å². The molecule has 0 radical (unpaired) electrons. The van der Waals surface area contributed by atoms with E-state index in [9.17, 15) is 4.79 Å². The van der Waals surface area contributed by atoms with Crippen LogP contribution in [0.15, 0.2) is 40.8 Å². The van der Waals surface area contributed by atoms with Crippen molar-refractivity contribution in [3.8, 4) is 5.75 Å². The maximum atomic E-state index is 13.6. The Labute approximate surface area is 247 Å². The Balaban J connectivity index is 1.40. The van der Waals surface area contributed by atoms with E-state index in [1.54, 1.807) is 0 Å². The van der Waals surface area contributed by atoms with E-state index in [-0.39, 0.29) is 23.0 Å². The molecule has 1 aliphatic carbocycles. The molecule has 0 spiro atoms. The fourth-order valence-corrected chi connectivity index (χ4v) is 6.96. The normalized spacial score (nSPS) is 22.5. The Kier molecular flexibility index (Phi) is 7.15. The van der Waals surface area contributed by atoms with Crippen molar-refractivity contribution in [2.45, 2.75) is 96.4 Å². The molecule has 8 heteroatoms. The summed E-state index contributed by atoms with van der Waals surface area (Å²) < 4.78 is 32.8. The van der Waals surface area contributed by atoms with Gasteiger partial charge in [-0.3, -0.25) is 4.79 Å². The molecule has 210 valence electrons. The number of ketones is 1. The number of hydrogen-bond donors (Lipinski definition) is 0. The number of halogens is 1. The lowest BCUT2D eigenvalue weighted by Crippen LogP contribution is -2.48. The number of benzene rings is 2. The van der Waals surface area contributed by atoms with Gasteiger partial charge in [0, 0.05) is 19.9 Å². The summed E-state index contributed by atoms with van der Waals surface area (Å²) in [6, 6.07) is 11.7. The summed E-state index contributed by atoms with van der Waals surface area (Å²) in [7, 11) is -0.792. The fraction of sp³-hybridized carbons (Fsp3) is 0.516. The molecule has 0 unspecified atom stereocenters. The first-order valence-electron chi connectivity index (χ1n) is 13.5. The van der Waals surface area contributed by atoms with Crippen LogP contribution in [0.25, 0.3) is 11.0 Å². The third-order valence-corrected chi connectivity index (χ3v) is 9.94. The van der Waals surface area contributed by atoms with Crippen molar-refractivity contribution in [3.63, 3.8) is 0 Å². The van der Waals surface area contributed by atoms with Crippen molar-refractivity contribution in [2.24, 2.45) is 0 Å². The van der Waals surface area contributed by atoms with E-state index in [1.807, 2.05) is 50.2 Å². The van der Waals surface area contributed by atoms with Gasteiger partial charge in [0.2, 0.25) is 0 Å². The van der Waals surface area contributed by atoms with Crippen molar-refractivity contribution < 1.29 is 27.8 Å². The van der Waals surface area contributed by atoms with Gasteiger partial charge in [0.25, 0.3) is 0 Å². The van der Waals surface area contributed by atoms with E-state index in [0.29, 0.717) is 29.2 Å². The molecule has 1 fully saturated rings.